The maximum absolute atomic E-state index is 11.5. The van der Waals surface area contributed by atoms with Gasteiger partial charge >= 0.3 is 5.97 Å². The lowest BCUT2D eigenvalue weighted by molar-refractivity contribution is 0.0526. The second kappa shape index (κ2) is 4.91. The lowest BCUT2D eigenvalue weighted by Gasteiger charge is -2.18. The third kappa shape index (κ3) is 2.58. The van der Waals surface area contributed by atoms with Gasteiger partial charge in [-0.05, 0) is 31.2 Å². The van der Waals surface area contributed by atoms with Crippen molar-refractivity contribution in [3.8, 4) is 0 Å². The van der Waals surface area contributed by atoms with Gasteiger partial charge in [-0.1, -0.05) is 0 Å². The zero-order chi connectivity index (χ0) is 12.3. The Morgan fingerprint density at radius 1 is 1.29 bits per heavy atom. The van der Waals surface area contributed by atoms with Crippen molar-refractivity contribution in [3.05, 3.63) is 42.2 Å². The number of benzene rings is 1. The van der Waals surface area contributed by atoms with Gasteiger partial charge in [-0.25, -0.2) is 4.79 Å². The van der Waals surface area contributed by atoms with E-state index in [1.165, 1.54) is 0 Å². The fourth-order valence-electron chi connectivity index (χ4n) is 1.70. The first-order chi connectivity index (χ1) is 8.20. The molecule has 0 radical (unpaired) electrons. The van der Waals surface area contributed by atoms with Gasteiger partial charge in [-0.2, -0.15) is 0 Å². The Morgan fingerprint density at radius 3 is 2.53 bits per heavy atom. The van der Waals surface area contributed by atoms with E-state index in [1.807, 2.05) is 31.6 Å². The minimum Gasteiger partial charge on any atom is -0.462 e. The van der Waals surface area contributed by atoms with Gasteiger partial charge in [0, 0.05) is 25.1 Å². The van der Waals surface area contributed by atoms with Crippen LogP contribution in [0.25, 0.3) is 0 Å². The minimum absolute atomic E-state index is 0.270. The molecule has 0 aliphatic carbocycles. The summed E-state index contributed by atoms with van der Waals surface area (Å²) < 4.78 is 4.94. The number of carbonyl (C=O) groups excluding carboxylic acids is 1. The molecule has 1 aliphatic rings. The highest BCUT2D eigenvalue weighted by Crippen LogP contribution is 2.19. The van der Waals surface area contributed by atoms with Crippen molar-refractivity contribution in [1.82, 2.24) is 4.90 Å². The molecular formula is C13H16N2O2. The maximum atomic E-state index is 11.5. The first-order valence-corrected chi connectivity index (χ1v) is 5.63. The van der Waals surface area contributed by atoms with Crippen molar-refractivity contribution in [2.24, 2.45) is 0 Å². The van der Waals surface area contributed by atoms with Crippen LogP contribution in [0.1, 0.15) is 17.3 Å². The molecule has 0 saturated heterocycles. The Hall–Kier alpha value is -1.97. The van der Waals surface area contributed by atoms with Gasteiger partial charge in [0.15, 0.2) is 0 Å². The van der Waals surface area contributed by atoms with Crippen LogP contribution in [0.3, 0.4) is 0 Å². The zero-order valence-electron chi connectivity index (χ0n) is 10.1. The summed E-state index contributed by atoms with van der Waals surface area (Å²) in [7, 11) is 2.02. The van der Waals surface area contributed by atoms with Crippen LogP contribution in [0.2, 0.25) is 0 Å². The maximum Gasteiger partial charge on any atom is 0.338 e. The largest absolute Gasteiger partial charge is 0.462 e. The van der Waals surface area contributed by atoms with Gasteiger partial charge < -0.3 is 14.5 Å². The van der Waals surface area contributed by atoms with Gasteiger partial charge in [-0.15, -0.1) is 0 Å². The predicted molar refractivity (Wildman–Crippen MR) is 66.6 cm³/mol. The monoisotopic (exact) mass is 232 g/mol. The highest BCUT2D eigenvalue weighted by atomic mass is 16.5. The molecule has 0 saturated carbocycles. The molecule has 0 amide bonds. The SMILES string of the molecule is CCOC(=O)c1ccc(N2C=CN(C)C2)cc1. The van der Waals surface area contributed by atoms with Crippen molar-refractivity contribution in [1.29, 1.82) is 0 Å². The lowest BCUT2D eigenvalue weighted by Crippen LogP contribution is -2.21. The Kier molecular flexibility index (Phi) is 3.32. The van der Waals surface area contributed by atoms with Gasteiger partial charge in [0.1, 0.15) is 0 Å². The number of nitrogens with zero attached hydrogens (tertiary/aromatic N) is 2. The first-order valence-electron chi connectivity index (χ1n) is 5.63. The Labute approximate surface area is 101 Å². The van der Waals surface area contributed by atoms with Crippen LogP contribution in [-0.2, 0) is 4.74 Å². The molecule has 0 bridgehead atoms. The normalized spacial score (nSPS) is 14.2. The molecule has 0 atom stereocenters. The van der Waals surface area contributed by atoms with E-state index >= 15 is 0 Å². The second-order valence-electron chi connectivity index (χ2n) is 3.93. The van der Waals surface area contributed by atoms with Gasteiger partial charge in [0.05, 0.1) is 18.8 Å². The van der Waals surface area contributed by atoms with Crippen molar-refractivity contribution in [2.45, 2.75) is 6.92 Å². The summed E-state index contributed by atoms with van der Waals surface area (Å²) in [6, 6.07) is 7.44. The number of carbonyl (C=O) groups is 1. The molecule has 4 nitrogen and oxygen atoms in total. The molecule has 1 aromatic rings. The summed E-state index contributed by atoms with van der Waals surface area (Å²) in [5.74, 6) is -0.270. The fourth-order valence-corrected chi connectivity index (χ4v) is 1.70. The highest BCUT2D eigenvalue weighted by molar-refractivity contribution is 5.89. The standard InChI is InChI=1S/C13H16N2O2/c1-3-17-13(16)11-4-6-12(7-5-11)15-9-8-14(2)10-15/h4-9H,3,10H2,1-2H3. The third-order valence-electron chi connectivity index (χ3n) is 2.59. The molecule has 0 fully saturated rings. The number of hydrogen-bond acceptors (Lipinski definition) is 4. The predicted octanol–water partition coefficient (Wildman–Crippen LogP) is 2.04. The van der Waals surface area contributed by atoms with Crippen LogP contribution >= 0.6 is 0 Å². The van der Waals surface area contributed by atoms with E-state index in [2.05, 4.69) is 9.80 Å². The molecule has 0 unspecified atom stereocenters. The van der Waals surface area contributed by atoms with E-state index in [1.54, 1.807) is 19.1 Å². The Morgan fingerprint density at radius 2 is 2.00 bits per heavy atom. The first kappa shape index (κ1) is 11.5. The number of anilines is 1. The number of rotatable bonds is 3. The van der Waals surface area contributed by atoms with Gasteiger partial charge in [0.2, 0.25) is 0 Å². The summed E-state index contributed by atoms with van der Waals surface area (Å²) >= 11 is 0. The molecule has 1 aliphatic heterocycles. The summed E-state index contributed by atoms with van der Waals surface area (Å²) in [5, 5.41) is 0. The minimum atomic E-state index is -0.270. The topological polar surface area (TPSA) is 32.8 Å². The molecular weight excluding hydrogens is 216 g/mol. The Bertz CT molecular complexity index is 426. The van der Waals surface area contributed by atoms with E-state index in [9.17, 15) is 4.79 Å². The van der Waals surface area contributed by atoms with Crippen molar-refractivity contribution >= 4 is 11.7 Å². The van der Waals surface area contributed by atoms with Crippen LogP contribution < -0.4 is 4.90 Å². The molecule has 0 aromatic heterocycles. The summed E-state index contributed by atoms with van der Waals surface area (Å²) in [6.45, 7) is 3.04. The molecule has 1 aromatic carbocycles. The molecule has 4 heteroatoms. The third-order valence-corrected chi connectivity index (χ3v) is 2.59. The number of ether oxygens (including phenoxy) is 1. The quantitative estimate of drug-likeness (QED) is 0.747. The van der Waals surface area contributed by atoms with Crippen LogP contribution in [0, 0.1) is 0 Å². The number of esters is 1. The Balaban J connectivity index is 2.08. The van der Waals surface area contributed by atoms with Crippen LogP contribution in [0.5, 0.6) is 0 Å². The van der Waals surface area contributed by atoms with Crippen molar-refractivity contribution in [2.75, 3.05) is 25.2 Å². The molecule has 0 N–H and O–H groups in total. The average Bonchev–Trinajstić information content (AvgIpc) is 2.76. The van der Waals surface area contributed by atoms with Gasteiger partial charge in [0.25, 0.3) is 0 Å². The van der Waals surface area contributed by atoms with E-state index in [-0.39, 0.29) is 5.97 Å². The molecule has 0 spiro atoms. The van der Waals surface area contributed by atoms with Gasteiger partial charge in [-0.3, -0.25) is 0 Å². The molecule has 2 rings (SSSR count). The lowest BCUT2D eigenvalue weighted by atomic mass is 10.2. The summed E-state index contributed by atoms with van der Waals surface area (Å²) in [4.78, 5) is 15.7. The summed E-state index contributed by atoms with van der Waals surface area (Å²) in [5.41, 5.74) is 1.66. The van der Waals surface area contributed by atoms with Crippen LogP contribution in [-0.4, -0.2) is 31.2 Å². The van der Waals surface area contributed by atoms with Crippen molar-refractivity contribution in [3.63, 3.8) is 0 Å². The van der Waals surface area contributed by atoms with E-state index in [0.717, 1.165) is 12.4 Å². The second-order valence-corrected chi connectivity index (χ2v) is 3.93. The van der Waals surface area contributed by atoms with Crippen molar-refractivity contribution < 1.29 is 9.53 Å². The van der Waals surface area contributed by atoms with E-state index in [4.69, 9.17) is 4.74 Å². The van der Waals surface area contributed by atoms with Crippen LogP contribution in [0.4, 0.5) is 5.69 Å². The highest BCUT2D eigenvalue weighted by Gasteiger charge is 2.11. The molecule has 1 heterocycles. The zero-order valence-corrected chi connectivity index (χ0v) is 10.1. The van der Waals surface area contributed by atoms with Crippen LogP contribution in [0.15, 0.2) is 36.7 Å². The molecule has 17 heavy (non-hydrogen) atoms. The van der Waals surface area contributed by atoms with E-state index < -0.39 is 0 Å². The smallest absolute Gasteiger partial charge is 0.338 e. The fraction of sp³-hybridized carbons (Fsp3) is 0.308. The summed E-state index contributed by atoms with van der Waals surface area (Å²) in [6.07, 6.45) is 4.03. The van der Waals surface area contributed by atoms with E-state index in [0.29, 0.717) is 12.2 Å². The molecule has 90 valence electrons. The average molecular weight is 232 g/mol. The number of hydrogen-bond donors (Lipinski definition) is 0.